The molecule has 10 amide bonds. The highest BCUT2D eigenvalue weighted by Crippen LogP contribution is 2.38. The summed E-state index contributed by atoms with van der Waals surface area (Å²) in [4.78, 5) is 177. The summed E-state index contributed by atoms with van der Waals surface area (Å²) >= 11 is 0. The van der Waals surface area contributed by atoms with E-state index in [1.165, 1.54) is 7.11 Å². The quantitative estimate of drug-likeness (QED) is 0.0442. The lowest BCUT2D eigenvalue weighted by Crippen LogP contribution is -2.41. The van der Waals surface area contributed by atoms with Crippen LogP contribution in [0.3, 0.4) is 0 Å². The summed E-state index contributed by atoms with van der Waals surface area (Å²) in [6.45, 7) is 18.6. The molecule has 15 aromatic rings. The molecule has 0 unspecified atom stereocenters. The van der Waals surface area contributed by atoms with Crippen molar-refractivity contribution in [2.24, 2.45) is 0 Å². The lowest BCUT2D eigenvalue weighted by molar-refractivity contribution is -0.117. The van der Waals surface area contributed by atoms with Crippen LogP contribution in [0.5, 0.6) is 0 Å². The van der Waals surface area contributed by atoms with Gasteiger partial charge < -0.3 is 61.8 Å². The van der Waals surface area contributed by atoms with Gasteiger partial charge in [0.1, 0.15) is 46.6 Å². The second-order valence-corrected chi connectivity index (χ2v) is 36.2. The lowest BCUT2D eigenvalue weighted by Gasteiger charge is -2.26. The zero-order chi connectivity index (χ0) is 99.6. The van der Waals surface area contributed by atoms with Crippen molar-refractivity contribution in [2.45, 2.75) is 143 Å². The summed E-state index contributed by atoms with van der Waals surface area (Å²) in [7, 11) is 9.63. The monoisotopic (exact) mass is 1900 g/mol. The van der Waals surface area contributed by atoms with Crippen molar-refractivity contribution < 1.29 is 62.2 Å². The van der Waals surface area contributed by atoms with Crippen molar-refractivity contribution in [3.05, 3.63) is 243 Å². The highest BCUT2D eigenvalue weighted by molar-refractivity contribution is 6.04. The highest BCUT2D eigenvalue weighted by Gasteiger charge is 2.32. The van der Waals surface area contributed by atoms with Gasteiger partial charge in [-0.25, -0.2) is 49.7 Å². The van der Waals surface area contributed by atoms with Crippen molar-refractivity contribution in [3.8, 4) is 28.8 Å². The van der Waals surface area contributed by atoms with Gasteiger partial charge in [0.15, 0.2) is 0 Å². The van der Waals surface area contributed by atoms with Crippen LogP contribution in [0.2, 0.25) is 0 Å². The van der Waals surface area contributed by atoms with Gasteiger partial charge >= 0.3 is 5.97 Å². The van der Waals surface area contributed by atoms with E-state index >= 15 is 0 Å². The fraction of sp³-hybridized carbons (Fsp3) is 0.308. The number of benzene rings is 6. The SMILES string of the molecule is CC(C)c1nc2cc(C(=O)N(C)C)ccc2n1-c1ccc2c(n1)CCC(=O)N2.CNC(=O)c1ccc2c(c1)nc(C(=O)N1CCOCC1)n2-c1ccc2c(c1)CCC(=O)N2.CNC(=O)c1ccc2c(c1)nc(C(C)C)n2-c1ccc2c(n1)CCC(=O)N2.CNC(=O)c1ccc2c(c1)nc(C(C)C)n2-c1cnc2c(c1)CCC(=O)N2.COC(=O)c1ccc2c(c1)nc(C(C)C)n2-c1ccc2c(n1)CCC(=O)N2. The van der Waals surface area contributed by atoms with Crippen LogP contribution in [0, 0.1) is 0 Å². The van der Waals surface area contributed by atoms with E-state index in [0.717, 1.165) is 153 Å². The third-order valence-electron chi connectivity index (χ3n) is 25.0. The Kier molecular flexibility index (Phi) is 27.7. The first-order valence-electron chi connectivity index (χ1n) is 46.9. The molecule has 6 aliphatic heterocycles. The first-order chi connectivity index (χ1) is 67.8. The number of methoxy groups -OCH3 is 1. The summed E-state index contributed by atoms with van der Waals surface area (Å²) in [5.41, 5.74) is 20.1. The van der Waals surface area contributed by atoms with Crippen molar-refractivity contribution in [2.75, 3.05) is 95.2 Å². The van der Waals surface area contributed by atoms with Crippen LogP contribution in [0.1, 0.15) is 225 Å². The molecule has 1 saturated heterocycles. The maximum Gasteiger partial charge on any atom is 0.337 e. The Labute approximate surface area is 810 Å². The highest BCUT2D eigenvalue weighted by atomic mass is 16.5. The topological polar surface area (TPSA) is 450 Å². The van der Waals surface area contributed by atoms with Crippen molar-refractivity contribution in [3.63, 3.8) is 0 Å². The van der Waals surface area contributed by atoms with Crippen LogP contribution < -0.4 is 42.5 Å². The lowest BCUT2D eigenvalue weighted by atomic mass is 10.0. The normalized spacial score (nSPS) is 14.1. The molecule has 0 saturated carbocycles. The molecule has 141 heavy (non-hydrogen) atoms. The number of imidazole rings is 5. The molecule has 0 bridgehead atoms. The smallest absolute Gasteiger partial charge is 0.337 e. The minimum atomic E-state index is -0.389. The molecule has 0 spiro atoms. The molecule has 6 aromatic carbocycles. The molecular formula is C104H108N24O13. The van der Waals surface area contributed by atoms with E-state index in [2.05, 4.69) is 119 Å². The van der Waals surface area contributed by atoms with Crippen LogP contribution in [0.25, 0.3) is 84.0 Å². The predicted octanol–water partition coefficient (Wildman–Crippen LogP) is 13.7. The van der Waals surface area contributed by atoms with Crippen LogP contribution in [0.15, 0.2) is 158 Å². The average Bonchev–Trinajstić information content (AvgIpc) is 1.65. The van der Waals surface area contributed by atoms with Crippen LogP contribution in [-0.2, 0) is 65.6 Å². The second-order valence-electron chi connectivity index (χ2n) is 36.2. The Morgan fingerprint density at radius 3 is 1.13 bits per heavy atom. The average molecular weight is 1900 g/mol. The van der Waals surface area contributed by atoms with Crippen LogP contribution >= 0.6 is 0 Å². The van der Waals surface area contributed by atoms with Gasteiger partial charge in [0, 0.05) is 157 Å². The Hall–Kier alpha value is -16.6. The Bertz CT molecular complexity index is 7190. The molecule has 21 rings (SSSR count). The van der Waals surface area contributed by atoms with Gasteiger partial charge in [0.25, 0.3) is 29.5 Å². The fourth-order valence-electron chi connectivity index (χ4n) is 17.8. The third kappa shape index (κ3) is 19.9. The van der Waals surface area contributed by atoms with E-state index in [0.29, 0.717) is 130 Å². The van der Waals surface area contributed by atoms with Crippen molar-refractivity contribution in [1.82, 2.24) is 93.4 Å². The number of hydrogen-bond donors (Lipinski definition) is 8. The number of pyridine rings is 4. The number of aryl methyl sites for hydroxylation is 5. The zero-order valence-electron chi connectivity index (χ0n) is 80.7. The number of carbonyl (C=O) groups excluding carboxylic acids is 11. The molecule has 1 fully saturated rings. The molecule has 15 heterocycles. The van der Waals surface area contributed by atoms with Crippen LogP contribution in [0.4, 0.5) is 28.6 Å². The summed E-state index contributed by atoms with van der Waals surface area (Å²) in [5.74, 6) is 6.41. The zero-order valence-corrected chi connectivity index (χ0v) is 80.7. The van der Waals surface area contributed by atoms with Gasteiger partial charge in [0.05, 0.1) is 127 Å². The van der Waals surface area contributed by atoms with E-state index in [1.54, 1.807) is 93.7 Å². The standard InChI is InChI=1S/C23H23N5O4.C21H23N5O2.2C20H21N5O2.C20H20N4O3/c1-24-22(30)15-2-6-19-18(13-15)26-21(23(31)27-8-10-32-11-9-27)28(19)16-4-5-17-14(12-16)3-7-20(29)25-17;1-12(2)20-24-16-11-13(21(28)25(3)4)5-8-17(16)26(20)18-9-6-15-14(22-18)7-10-19(27)23-15;1-11(2)19-24-15-10-12(20(27)21-3)4-7-16(15)25(19)17-8-5-14-13(22-17)6-9-18(26)23-14;1-11(2)19-23-15-9-13(20(27)21-3)4-6-16(15)25(19)14-8-12-5-7-17(26)24-18(12)22-10-14;1-11(2)19-23-15-10-12(20(26)27-3)4-7-16(15)24(19)17-8-5-14-13(21-17)6-9-18(25)22-14/h2,4-6,12-13H,3,7-11H2,1H3,(H,24,30)(H,25,29);5-6,8-9,11-12H,7,10H2,1-4H3,(H,23,27);4-5,7-8,10-11H,6,9H2,1-3H3,(H,21,27)(H,23,26);4,6,8-11H,5,7H2,1-3H3,(H,21,27)(H,22,24,26);4-5,7-8,10-11H,6,9H2,1-3H3,(H,22,25). The Balaban J connectivity index is 0.000000122. The first kappa shape index (κ1) is 96.1. The van der Waals surface area contributed by atoms with E-state index < -0.39 is 0 Å². The molecule has 0 aliphatic carbocycles. The molecular weight excluding hydrogens is 1790 g/mol. The maximum absolute atomic E-state index is 13.4. The number of rotatable bonds is 15. The molecule has 0 radical (unpaired) electrons. The van der Waals surface area contributed by atoms with Crippen molar-refractivity contribution >= 4 is 149 Å². The summed E-state index contributed by atoms with van der Waals surface area (Å²) < 4.78 is 20.2. The van der Waals surface area contributed by atoms with Gasteiger partial charge in [-0.3, -0.25) is 70.8 Å². The number of aromatic nitrogens is 14. The number of nitrogens with one attached hydrogen (secondary N) is 8. The molecule has 0 atom stereocenters. The number of anilines is 5. The van der Waals surface area contributed by atoms with Gasteiger partial charge in [-0.05, 0) is 176 Å². The van der Waals surface area contributed by atoms with Gasteiger partial charge in [-0.15, -0.1) is 0 Å². The van der Waals surface area contributed by atoms with Crippen molar-refractivity contribution in [1.29, 1.82) is 0 Å². The number of fused-ring (bicyclic) bond motifs is 10. The van der Waals surface area contributed by atoms with E-state index in [4.69, 9.17) is 44.4 Å². The molecule has 722 valence electrons. The second kappa shape index (κ2) is 40.6. The Morgan fingerprint density at radius 2 is 0.716 bits per heavy atom. The van der Waals surface area contributed by atoms with E-state index in [-0.39, 0.29) is 94.5 Å². The largest absolute Gasteiger partial charge is 0.465 e. The predicted molar refractivity (Wildman–Crippen MR) is 534 cm³/mol. The fourth-order valence-corrected chi connectivity index (χ4v) is 17.8. The minimum Gasteiger partial charge on any atom is -0.465 e. The van der Waals surface area contributed by atoms with Crippen LogP contribution in [-0.4, -0.2) is 211 Å². The van der Waals surface area contributed by atoms with Gasteiger partial charge in [0.2, 0.25) is 35.4 Å². The summed E-state index contributed by atoms with van der Waals surface area (Å²) in [5, 5.41) is 22.2. The molecule has 8 N–H and O–H groups in total. The van der Waals surface area contributed by atoms with E-state index in [9.17, 15) is 52.7 Å². The Morgan fingerprint density at radius 1 is 0.369 bits per heavy atom. The third-order valence-corrected chi connectivity index (χ3v) is 25.0. The summed E-state index contributed by atoms with van der Waals surface area (Å²) in [6, 6.07) is 46.3. The molecule has 37 nitrogen and oxygen atoms in total. The molecule has 9 aromatic heterocycles. The number of morpholine rings is 1. The van der Waals surface area contributed by atoms with E-state index in [1.807, 2.05) is 121 Å². The first-order valence-corrected chi connectivity index (χ1v) is 46.9. The number of ether oxygens (including phenoxy) is 2. The van der Waals surface area contributed by atoms with Gasteiger partial charge in [-0.2, -0.15) is 0 Å². The molecule has 37 heteroatoms. The number of nitrogens with zero attached hydrogens (tertiary/aromatic N) is 16. The number of amides is 10. The van der Waals surface area contributed by atoms with Gasteiger partial charge in [-0.1, -0.05) is 55.4 Å². The number of carbonyl (C=O) groups is 11. The number of esters is 1. The molecule has 6 aliphatic rings. The number of hydrogen-bond acceptors (Lipinski definition) is 22. The summed E-state index contributed by atoms with van der Waals surface area (Å²) in [6.07, 6.45) is 7.15. The minimum absolute atomic E-state index is 0.000398. The maximum atomic E-state index is 13.4.